The number of benzene rings is 1. The van der Waals surface area contributed by atoms with Crippen molar-refractivity contribution in [2.24, 2.45) is 5.73 Å². The Balaban J connectivity index is 2.53. The van der Waals surface area contributed by atoms with E-state index in [1.54, 1.807) is 6.07 Å². The number of hydrogen-bond acceptors (Lipinski definition) is 2. The summed E-state index contributed by atoms with van der Waals surface area (Å²) in [5, 5.41) is 2.85. The Kier molecular flexibility index (Phi) is 6.01. The van der Waals surface area contributed by atoms with Crippen molar-refractivity contribution in [2.45, 2.75) is 12.8 Å². The van der Waals surface area contributed by atoms with Crippen molar-refractivity contribution >= 4 is 37.8 Å². The van der Waals surface area contributed by atoms with Crippen LogP contribution in [0.5, 0.6) is 0 Å². The van der Waals surface area contributed by atoms with Crippen LogP contribution in [0.3, 0.4) is 0 Å². The lowest BCUT2D eigenvalue weighted by Gasteiger charge is -2.06. The average Bonchev–Trinajstić information content (AvgIpc) is 2.24. The molecular formula is C11H14Br2N2O. The number of hydrogen-bond donors (Lipinski definition) is 2. The van der Waals surface area contributed by atoms with Gasteiger partial charge in [0, 0.05) is 15.5 Å². The third kappa shape index (κ3) is 4.23. The van der Waals surface area contributed by atoms with Crippen molar-refractivity contribution in [1.82, 2.24) is 5.32 Å². The van der Waals surface area contributed by atoms with Gasteiger partial charge in [0.2, 0.25) is 0 Å². The molecule has 0 atom stereocenters. The Morgan fingerprint density at radius 2 is 2.06 bits per heavy atom. The van der Waals surface area contributed by atoms with Crippen molar-refractivity contribution in [2.75, 3.05) is 13.1 Å². The average molecular weight is 350 g/mol. The normalized spacial score (nSPS) is 10.2. The monoisotopic (exact) mass is 348 g/mol. The van der Waals surface area contributed by atoms with Crippen LogP contribution in [0.15, 0.2) is 27.1 Å². The predicted molar refractivity (Wildman–Crippen MR) is 72.5 cm³/mol. The highest BCUT2D eigenvalue weighted by Crippen LogP contribution is 2.21. The Hall–Kier alpha value is -0.390. The fraction of sp³-hybridized carbons (Fsp3) is 0.364. The van der Waals surface area contributed by atoms with Gasteiger partial charge in [-0.25, -0.2) is 0 Å². The second-order valence-electron chi connectivity index (χ2n) is 3.38. The molecule has 0 heterocycles. The zero-order chi connectivity index (χ0) is 12.0. The molecule has 3 nitrogen and oxygen atoms in total. The van der Waals surface area contributed by atoms with Crippen molar-refractivity contribution in [3.05, 3.63) is 32.7 Å². The molecule has 1 aromatic rings. The highest BCUT2D eigenvalue weighted by atomic mass is 79.9. The summed E-state index contributed by atoms with van der Waals surface area (Å²) in [6.07, 6.45) is 1.85. The second kappa shape index (κ2) is 7.04. The first kappa shape index (κ1) is 13.7. The summed E-state index contributed by atoms with van der Waals surface area (Å²) in [7, 11) is 0. The maximum atomic E-state index is 11.8. The van der Waals surface area contributed by atoms with Crippen LogP contribution < -0.4 is 11.1 Å². The van der Waals surface area contributed by atoms with Crippen LogP contribution >= 0.6 is 31.9 Å². The molecule has 1 aromatic carbocycles. The SMILES string of the molecule is NCCCCNC(=O)c1ccc(Br)cc1Br. The van der Waals surface area contributed by atoms with E-state index in [0.717, 1.165) is 21.8 Å². The number of halogens is 2. The fourth-order valence-corrected chi connectivity index (χ4v) is 2.47. The van der Waals surface area contributed by atoms with E-state index in [2.05, 4.69) is 37.2 Å². The van der Waals surface area contributed by atoms with Crippen molar-refractivity contribution in [3.8, 4) is 0 Å². The Morgan fingerprint density at radius 3 is 2.69 bits per heavy atom. The molecule has 1 rings (SSSR count). The maximum absolute atomic E-state index is 11.8. The third-order valence-electron chi connectivity index (χ3n) is 2.09. The van der Waals surface area contributed by atoms with Crippen LogP contribution in [0.4, 0.5) is 0 Å². The fourth-order valence-electron chi connectivity index (χ4n) is 1.24. The number of unbranched alkanes of at least 4 members (excludes halogenated alkanes) is 1. The number of nitrogens with two attached hydrogens (primary N) is 1. The summed E-state index contributed by atoms with van der Waals surface area (Å²) >= 11 is 6.70. The molecule has 0 spiro atoms. The van der Waals surface area contributed by atoms with Crippen molar-refractivity contribution in [1.29, 1.82) is 0 Å². The minimum Gasteiger partial charge on any atom is -0.352 e. The summed E-state index contributed by atoms with van der Waals surface area (Å²) in [5.74, 6) is -0.0589. The minimum atomic E-state index is -0.0589. The molecule has 0 radical (unpaired) electrons. The van der Waals surface area contributed by atoms with Crippen LogP contribution in [0.1, 0.15) is 23.2 Å². The predicted octanol–water partition coefficient (Wildman–Crippen LogP) is 2.68. The van der Waals surface area contributed by atoms with E-state index in [9.17, 15) is 4.79 Å². The molecular weight excluding hydrogens is 336 g/mol. The third-order valence-corrected chi connectivity index (χ3v) is 3.24. The van der Waals surface area contributed by atoms with E-state index in [0.29, 0.717) is 18.7 Å². The van der Waals surface area contributed by atoms with Gasteiger partial charge in [-0.3, -0.25) is 4.79 Å². The largest absolute Gasteiger partial charge is 0.352 e. The summed E-state index contributed by atoms with van der Waals surface area (Å²) in [5.41, 5.74) is 6.02. The van der Waals surface area contributed by atoms with Gasteiger partial charge in [0.05, 0.1) is 5.56 Å². The molecule has 16 heavy (non-hydrogen) atoms. The van der Waals surface area contributed by atoms with E-state index in [1.165, 1.54) is 0 Å². The summed E-state index contributed by atoms with van der Waals surface area (Å²) in [4.78, 5) is 11.8. The topological polar surface area (TPSA) is 55.1 Å². The first-order valence-electron chi connectivity index (χ1n) is 5.08. The number of amides is 1. The Labute approximate surface area is 112 Å². The van der Waals surface area contributed by atoms with Crippen LogP contribution in [-0.2, 0) is 0 Å². The van der Waals surface area contributed by atoms with Gasteiger partial charge < -0.3 is 11.1 Å². The quantitative estimate of drug-likeness (QED) is 0.803. The first-order valence-corrected chi connectivity index (χ1v) is 6.67. The van der Waals surface area contributed by atoms with Crippen LogP contribution in [0.25, 0.3) is 0 Å². The zero-order valence-corrected chi connectivity index (χ0v) is 12.0. The highest BCUT2D eigenvalue weighted by molar-refractivity contribution is 9.11. The second-order valence-corrected chi connectivity index (χ2v) is 5.15. The first-order chi connectivity index (χ1) is 7.65. The van der Waals surface area contributed by atoms with Gasteiger partial charge in [-0.1, -0.05) is 15.9 Å². The van der Waals surface area contributed by atoms with E-state index in [1.807, 2.05) is 12.1 Å². The van der Waals surface area contributed by atoms with Gasteiger partial charge in [-0.05, 0) is 53.5 Å². The van der Waals surface area contributed by atoms with Crippen LogP contribution in [-0.4, -0.2) is 19.0 Å². The zero-order valence-electron chi connectivity index (χ0n) is 8.80. The lowest BCUT2D eigenvalue weighted by molar-refractivity contribution is 0.0952. The molecule has 0 aliphatic carbocycles. The van der Waals surface area contributed by atoms with Gasteiger partial charge in [0.15, 0.2) is 0 Å². The molecule has 0 aliphatic rings. The maximum Gasteiger partial charge on any atom is 0.252 e. The summed E-state index contributed by atoms with van der Waals surface area (Å²) in [6.45, 7) is 1.33. The van der Waals surface area contributed by atoms with Crippen LogP contribution in [0.2, 0.25) is 0 Å². The molecule has 0 aromatic heterocycles. The molecule has 5 heteroatoms. The van der Waals surface area contributed by atoms with Gasteiger partial charge >= 0.3 is 0 Å². The van der Waals surface area contributed by atoms with E-state index in [4.69, 9.17) is 5.73 Å². The lowest BCUT2D eigenvalue weighted by atomic mass is 10.2. The Bertz CT molecular complexity index is 369. The van der Waals surface area contributed by atoms with Gasteiger partial charge in [0.25, 0.3) is 5.91 Å². The summed E-state index contributed by atoms with van der Waals surface area (Å²) < 4.78 is 1.73. The van der Waals surface area contributed by atoms with Gasteiger partial charge in [-0.2, -0.15) is 0 Å². The molecule has 3 N–H and O–H groups in total. The number of nitrogens with one attached hydrogen (secondary N) is 1. The van der Waals surface area contributed by atoms with Crippen LogP contribution in [0, 0.1) is 0 Å². The van der Waals surface area contributed by atoms with Gasteiger partial charge in [-0.15, -0.1) is 0 Å². The molecule has 0 fully saturated rings. The number of carbonyl (C=O) groups is 1. The minimum absolute atomic E-state index is 0.0589. The molecule has 0 saturated carbocycles. The summed E-state index contributed by atoms with van der Waals surface area (Å²) in [6, 6.07) is 5.49. The smallest absolute Gasteiger partial charge is 0.252 e. The number of carbonyl (C=O) groups excluding carboxylic acids is 1. The molecule has 0 aliphatic heterocycles. The van der Waals surface area contributed by atoms with E-state index >= 15 is 0 Å². The molecule has 0 bridgehead atoms. The Morgan fingerprint density at radius 1 is 1.31 bits per heavy atom. The molecule has 1 amide bonds. The van der Waals surface area contributed by atoms with Crippen molar-refractivity contribution in [3.63, 3.8) is 0 Å². The van der Waals surface area contributed by atoms with Crippen molar-refractivity contribution < 1.29 is 4.79 Å². The van der Waals surface area contributed by atoms with E-state index in [-0.39, 0.29) is 5.91 Å². The lowest BCUT2D eigenvalue weighted by Crippen LogP contribution is -2.25. The van der Waals surface area contributed by atoms with Gasteiger partial charge in [0.1, 0.15) is 0 Å². The highest BCUT2D eigenvalue weighted by Gasteiger charge is 2.08. The standard InChI is InChI=1S/C11H14Br2N2O/c12-8-3-4-9(10(13)7-8)11(16)15-6-2-1-5-14/h3-4,7H,1-2,5-6,14H2,(H,15,16). The molecule has 0 saturated heterocycles. The molecule has 0 unspecified atom stereocenters. The molecule has 88 valence electrons. The number of rotatable bonds is 5. The van der Waals surface area contributed by atoms with E-state index < -0.39 is 0 Å².